The molecule has 2 nitrogen and oxygen atoms in total. The number of hydrogen-bond acceptors (Lipinski definition) is 2. The summed E-state index contributed by atoms with van der Waals surface area (Å²) < 4.78 is 0. The number of β-amino-alcohol motifs (C(OH)–C–C–N with tert-alkyl or cyclic N) is 1. The molecule has 0 amide bonds. The van der Waals surface area contributed by atoms with Crippen molar-refractivity contribution < 1.29 is 5.11 Å². The van der Waals surface area contributed by atoms with Gasteiger partial charge in [-0.1, -0.05) is 30.0 Å². The van der Waals surface area contributed by atoms with Gasteiger partial charge >= 0.3 is 0 Å². The molecule has 1 fully saturated rings. The number of benzene rings is 1. The van der Waals surface area contributed by atoms with Crippen molar-refractivity contribution in [1.82, 2.24) is 4.90 Å². The topological polar surface area (TPSA) is 23.5 Å². The van der Waals surface area contributed by atoms with Crippen LogP contribution in [0.15, 0.2) is 30.3 Å². The number of aliphatic hydroxyl groups excluding tert-OH is 1. The molecule has 78 valence electrons. The fourth-order valence-corrected chi connectivity index (χ4v) is 1.73. The molecule has 2 rings (SSSR count). The van der Waals surface area contributed by atoms with E-state index in [1.165, 1.54) is 0 Å². The molecule has 0 aromatic heterocycles. The number of rotatable bonds is 1. The Bertz CT molecular complexity index is 363. The Morgan fingerprint density at radius 2 is 2.13 bits per heavy atom. The highest BCUT2D eigenvalue weighted by molar-refractivity contribution is 5.33. The van der Waals surface area contributed by atoms with E-state index in [1.54, 1.807) is 0 Å². The molecule has 0 bridgehead atoms. The summed E-state index contributed by atoms with van der Waals surface area (Å²) in [6.07, 6.45) is 0.732. The van der Waals surface area contributed by atoms with E-state index in [9.17, 15) is 5.11 Å². The van der Waals surface area contributed by atoms with Crippen molar-refractivity contribution in [2.45, 2.75) is 12.5 Å². The monoisotopic (exact) mass is 201 g/mol. The molecular weight excluding hydrogens is 186 g/mol. The minimum Gasteiger partial charge on any atom is -0.392 e. The lowest BCUT2D eigenvalue weighted by Crippen LogP contribution is -2.22. The SMILES string of the molecule is OC1CCN(CC#Cc2ccccc2)C1. The van der Waals surface area contributed by atoms with E-state index in [1.807, 2.05) is 30.3 Å². The Hall–Kier alpha value is -1.30. The van der Waals surface area contributed by atoms with Crippen molar-refractivity contribution in [1.29, 1.82) is 0 Å². The van der Waals surface area contributed by atoms with E-state index in [-0.39, 0.29) is 6.10 Å². The number of nitrogens with zero attached hydrogens (tertiary/aromatic N) is 1. The van der Waals surface area contributed by atoms with E-state index in [2.05, 4.69) is 16.7 Å². The number of hydrogen-bond donors (Lipinski definition) is 1. The molecule has 0 saturated carbocycles. The highest BCUT2D eigenvalue weighted by atomic mass is 16.3. The highest BCUT2D eigenvalue weighted by Crippen LogP contribution is 2.07. The van der Waals surface area contributed by atoms with Gasteiger partial charge in [0.15, 0.2) is 0 Å². The minimum absolute atomic E-state index is 0.150. The first kappa shape index (κ1) is 10.2. The predicted octanol–water partition coefficient (Wildman–Crippen LogP) is 1.10. The molecule has 1 aliphatic heterocycles. The molecule has 1 aliphatic rings. The lowest BCUT2D eigenvalue weighted by molar-refractivity contribution is 0.180. The van der Waals surface area contributed by atoms with Gasteiger partial charge in [-0.15, -0.1) is 0 Å². The average Bonchev–Trinajstić information content (AvgIpc) is 2.66. The molecule has 1 aromatic carbocycles. The first-order chi connectivity index (χ1) is 7.34. The van der Waals surface area contributed by atoms with Gasteiger partial charge in [0.05, 0.1) is 12.6 Å². The standard InChI is InChI=1S/C13H15NO/c15-13-8-10-14(11-13)9-4-7-12-5-2-1-3-6-12/h1-3,5-6,13,15H,8-11H2. The van der Waals surface area contributed by atoms with Crippen LogP contribution in [0, 0.1) is 11.8 Å². The summed E-state index contributed by atoms with van der Waals surface area (Å²) in [6, 6.07) is 9.98. The first-order valence-corrected chi connectivity index (χ1v) is 5.29. The van der Waals surface area contributed by atoms with Gasteiger partial charge in [0.2, 0.25) is 0 Å². The third kappa shape index (κ3) is 3.09. The van der Waals surface area contributed by atoms with E-state index < -0.39 is 0 Å². The maximum atomic E-state index is 9.33. The zero-order valence-corrected chi connectivity index (χ0v) is 8.69. The normalized spacial score (nSPS) is 21.0. The molecule has 1 aromatic rings. The van der Waals surface area contributed by atoms with Crippen LogP contribution in [-0.4, -0.2) is 35.7 Å². The maximum Gasteiger partial charge on any atom is 0.0679 e. The van der Waals surface area contributed by atoms with Crippen molar-refractivity contribution in [3.63, 3.8) is 0 Å². The molecule has 1 heterocycles. The fourth-order valence-electron chi connectivity index (χ4n) is 1.73. The van der Waals surface area contributed by atoms with E-state index in [0.717, 1.165) is 31.6 Å². The molecule has 1 saturated heterocycles. The average molecular weight is 201 g/mol. The summed E-state index contributed by atoms with van der Waals surface area (Å²) in [5.41, 5.74) is 1.05. The molecule has 0 aliphatic carbocycles. The summed E-state index contributed by atoms with van der Waals surface area (Å²) in [5.74, 6) is 6.24. The Morgan fingerprint density at radius 3 is 2.80 bits per heavy atom. The lowest BCUT2D eigenvalue weighted by Gasteiger charge is -2.09. The quantitative estimate of drug-likeness (QED) is 0.688. The smallest absolute Gasteiger partial charge is 0.0679 e. The van der Waals surface area contributed by atoms with Crippen molar-refractivity contribution >= 4 is 0 Å². The molecule has 0 radical (unpaired) electrons. The third-order valence-corrected chi connectivity index (χ3v) is 2.56. The third-order valence-electron chi connectivity index (χ3n) is 2.56. The van der Waals surface area contributed by atoms with Crippen LogP contribution < -0.4 is 0 Å². The largest absolute Gasteiger partial charge is 0.392 e. The number of likely N-dealkylation sites (tertiary alicyclic amines) is 1. The lowest BCUT2D eigenvalue weighted by atomic mass is 10.2. The zero-order chi connectivity index (χ0) is 10.5. The van der Waals surface area contributed by atoms with Crippen molar-refractivity contribution in [2.75, 3.05) is 19.6 Å². The molecule has 1 atom stereocenters. The number of aliphatic hydroxyl groups is 1. The molecule has 1 N–H and O–H groups in total. The van der Waals surface area contributed by atoms with E-state index in [0.29, 0.717) is 0 Å². The predicted molar refractivity (Wildman–Crippen MR) is 60.4 cm³/mol. The van der Waals surface area contributed by atoms with Crippen LogP contribution in [0.4, 0.5) is 0 Å². The van der Waals surface area contributed by atoms with Gasteiger partial charge in [-0.25, -0.2) is 0 Å². The zero-order valence-electron chi connectivity index (χ0n) is 8.69. The first-order valence-electron chi connectivity index (χ1n) is 5.29. The summed E-state index contributed by atoms with van der Waals surface area (Å²) in [7, 11) is 0. The maximum absolute atomic E-state index is 9.33. The molecular formula is C13H15NO. The van der Waals surface area contributed by atoms with Gasteiger partial charge in [0, 0.05) is 18.7 Å². The van der Waals surface area contributed by atoms with Crippen LogP contribution in [0.5, 0.6) is 0 Å². The summed E-state index contributed by atoms with van der Waals surface area (Å²) in [5, 5.41) is 9.33. The van der Waals surface area contributed by atoms with Crippen LogP contribution in [0.25, 0.3) is 0 Å². The Morgan fingerprint density at radius 1 is 1.33 bits per heavy atom. The molecule has 1 unspecified atom stereocenters. The Kier molecular flexibility index (Phi) is 3.39. The van der Waals surface area contributed by atoms with Crippen LogP contribution in [-0.2, 0) is 0 Å². The second-order valence-corrected chi connectivity index (χ2v) is 3.85. The van der Waals surface area contributed by atoms with Crippen molar-refractivity contribution in [3.8, 4) is 11.8 Å². The van der Waals surface area contributed by atoms with Gasteiger partial charge < -0.3 is 5.11 Å². The van der Waals surface area contributed by atoms with Crippen LogP contribution in [0.1, 0.15) is 12.0 Å². The van der Waals surface area contributed by atoms with Gasteiger partial charge in [0.1, 0.15) is 0 Å². The van der Waals surface area contributed by atoms with Gasteiger partial charge in [-0.2, -0.15) is 0 Å². The second-order valence-electron chi connectivity index (χ2n) is 3.85. The summed E-state index contributed by atoms with van der Waals surface area (Å²) >= 11 is 0. The van der Waals surface area contributed by atoms with Gasteiger partial charge in [-0.3, -0.25) is 4.90 Å². The van der Waals surface area contributed by atoms with Gasteiger partial charge in [-0.05, 0) is 18.6 Å². The second kappa shape index (κ2) is 4.97. The highest BCUT2D eigenvalue weighted by Gasteiger charge is 2.18. The van der Waals surface area contributed by atoms with Crippen LogP contribution in [0.2, 0.25) is 0 Å². The van der Waals surface area contributed by atoms with Crippen LogP contribution >= 0.6 is 0 Å². The molecule has 15 heavy (non-hydrogen) atoms. The molecule has 0 spiro atoms. The fraction of sp³-hybridized carbons (Fsp3) is 0.385. The molecule has 2 heteroatoms. The van der Waals surface area contributed by atoms with E-state index >= 15 is 0 Å². The Balaban J connectivity index is 1.86. The summed E-state index contributed by atoms with van der Waals surface area (Å²) in [6.45, 7) is 2.49. The van der Waals surface area contributed by atoms with E-state index in [4.69, 9.17) is 0 Å². The summed E-state index contributed by atoms with van der Waals surface area (Å²) in [4.78, 5) is 2.18. The van der Waals surface area contributed by atoms with Gasteiger partial charge in [0.25, 0.3) is 0 Å². The van der Waals surface area contributed by atoms with Crippen molar-refractivity contribution in [2.24, 2.45) is 0 Å². The van der Waals surface area contributed by atoms with Crippen molar-refractivity contribution in [3.05, 3.63) is 35.9 Å². The van der Waals surface area contributed by atoms with Crippen LogP contribution in [0.3, 0.4) is 0 Å². The Labute approximate surface area is 90.5 Å². The minimum atomic E-state index is -0.150.